The van der Waals surface area contributed by atoms with Crippen molar-refractivity contribution in [3.05, 3.63) is 77.4 Å². The molecule has 4 rings (SSSR count). The van der Waals surface area contributed by atoms with Gasteiger partial charge in [0, 0.05) is 37.4 Å². The molecule has 0 atom stereocenters. The Morgan fingerprint density at radius 3 is 2.13 bits per heavy atom. The Hall–Kier alpha value is -2.32. The fraction of sp³-hybridized carbons (Fsp3) is 0.238. The van der Waals surface area contributed by atoms with Gasteiger partial charge in [0.25, 0.3) is 0 Å². The maximum Gasteiger partial charge on any atom is 0.0453 e. The number of piperazine rings is 1. The van der Waals surface area contributed by atoms with E-state index in [1.807, 2.05) is 0 Å². The molecule has 0 bridgehead atoms. The van der Waals surface area contributed by atoms with Crippen LogP contribution in [0.25, 0.3) is 17.3 Å². The van der Waals surface area contributed by atoms with Crippen LogP contribution in [0.15, 0.2) is 55.1 Å². The quantitative estimate of drug-likeness (QED) is 0.790. The van der Waals surface area contributed by atoms with Crippen LogP contribution in [0.3, 0.4) is 0 Å². The normalized spacial score (nSPS) is 18.0. The number of likely N-dealkylation sites (N-methyl/N-ethyl adjacent to an activating group) is 1. The molecule has 0 amide bonds. The molecule has 1 fully saturated rings. The van der Waals surface area contributed by atoms with Crippen molar-refractivity contribution in [2.75, 3.05) is 33.2 Å². The third kappa shape index (κ3) is 2.49. The number of hydrogen-bond acceptors (Lipinski definition) is 2. The first-order valence-electron chi connectivity index (χ1n) is 8.27. The molecular formula is C21H22N2. The maximum atomic E-state index is 4.39. The van der Waals surface area contributed by atoms with Gasteiger partial charge in [-0.2, -0.15) is 0 Å². The van der Waals surface area contributed by atoms with Crippen LogP contribution < -0.4 is 0 Å². The zero-order valence-corrected chi connectivity index (χ0v) is 13.6. The van der Waals surface area contributed by atoms with Gasteiger partial charge in [0.15, 0.2) is 0 Å². The molecule has 0 saturated carbocycles. The predicted molar refractivity (Wildman–Crippen MR) is 98.0 cm³/mol. The van der Waals surface area contributed by atoms with Crippen LogP contribution in [0.5, 0.6) is 0 Å². The first-order valence-corrected chi connectivity index (χ1v) is 8.27. The summed E-state index contributed by atoms with van der Waals surface area (Å²) in [5, 5.41) is 0. The molecule has 2 heteroatoms. The highest BCUT2D eigenvalue weighted by molar-refractivity contribution is 5.96. The van der Waals surface area contributed by atoms with Crippen LogP contribution in [-0.2, 0) is 0 Å². The molecule has 1 heterocycles. The Kier molecular flexibility index (Phi) is 3.55. The summed E-state index contributed by atoms with van der Waals surface area (Å²) in [5.41, 5.74) is 7.52. The molecule has 1 aliphatic heterocycles. The molecule has 1 saturated heterocycles. The van der Waals surface area contributed by atoms with Gasteiger partial charge in [-0.3, -0.25) is 0 Å². The molecule has 23 heavy (non-hydrogen) atoms. The second-order valence-corrected chi connectivity index (χ2v) is 6.43. The van der Waals surface area contributed by atoms with Crippen LogP contribution in [0.1, 0.15) is 22.3 Å². The SMILES string of the molecule is C=C1c2ccccc2C=C(N2CCN(C)CC2)c2ccccc21. The Balaban J connectivity index is 1.88. The highest BCUT2D eigenvalue weighted by Crippen LogP contribution is 2.37. The minimum Gasteiger partial charge on any atom is -0.368 e. The van der Waals surface area contributed by atoms with E-state index in [0.29, 0.717) is 0 Å². The zero-order chi connectivity index (χ0) is 15.8. The van der Waals surface area contributed by atoms with E-state index < -0.39 is 0 Å². The van der Waals surface area contributed by atoms with Gasteiger partial charge < -0.3 is 9.80 Å². The Bertz CT molecular complexity index is 780. The second-order valence-electron chi connectivity index (χ2n) is 6.43. The zero-order valence-electron chi connectivity index (χ0n) is 13.6. The lowest BCUT2D eigenvalue weighted by molar-refractivity contribution is 0.208. The number of fused-ring (bicyclic) bond motifs is 2. The fourth-order valence-electron chi connectivity index (χ4n) is 3.55. The first-order chi connectivity index (χ1) is 11.2. The van der Waals surface area contributed by atoms with E-state index in [0.717, 1.165) is 31.8 Å². The Morgan fingerprint density at radius 1 is 0.783 bits per heavy atom. The lowest BCUT2D eigenvalue weighted by Crippen LogP contribution is -2.43. The van der Waals surface area contributed by atoms with Crippen molar-refractivity contribution >= 4 is 17.3 Å². The van der Waals surface area contributed by atoms with Gasteiger partial charge >= 0.3 is 0 Å². The third-order valence-electron chi connectivity index (χ3n) is 4.95. The van der Waals surface area contributed by atoms with Gasteiger partial charge in [0.05, 0.1) is 0 Å². The molecule has 0 aromatic heterocycles. The first kappa shape index (κ1) is 14.3. The highest BCUT2D eigenvalue weighted by atomic mass is 15.2. The molecule has 2 nitrogen and oxygen atoms in total. The van der Waals surface area contributed by atoms with E-state index in [2.05, 4.69) is 78.0 Å². The van der Waals surface area contributed by atoms with Crippen LogP contribution in [0.4, 0.5) is 0 Å². The molecule has 0 radical (unpaired) electrons. The van der Waals surface area contributed by atoms with E-state index in [9.17, 15) is 0 Å². The second kappa shape index (κ2) is 5.71. The molecule has 0 N–H and O–H groups in total. The summed E-state index contributed by atoms with van der Waals surface area (Å²) >= 11 is 0. The Morgan fingerprint density at radius 2 is 1.39 bits per heavy atom. The summed E-state index contributed by atoms with van der Waals surface area (Å²) in [5.74, 6) is 0. The van der Waals surface area contributed by atoms with Gasteiger partial charge in [0.1, 0.15) is 0 Å². The smallest absolute Gasteiger partial charge is 0.0453 e. The number of benzene rings is 2. The van der Waals surface area contributed by atoms with Crippen molar-refractivity contribution in [3.8, 4) is 0 Å². The van der Waals surface area contributed by atoms with Crippen molar-refractivity contribution in [3.63, 3.8) is 0 Å². The van der Waals surface area contributed by atoms with Crippen LogP contribution >= 0.6 is 0 Å². The van der Waals surface area contributed by atoms with Gasteiger partial charge in [-0.25, -0.2) is 0 Å². The van der Waals surface area contributed by atoms with E-state index in [4.69, 9.17) is 0 Å². The van der Waals surface area contributed by atoms with Crippen molar-refractivity contribution in [1.29, 1.82) is 0 Å². The summed E-state index contributed by atoms with van der Waals surface area (Å²) in [4.78, 5) is 4.92. The predicted octanol–water partition coefficient (Wildman–Crippen LogP) is 3.81. The lowest BCUT2D eigenvalue weighted by Gasteiger charge is -2.36. The van der Waals surface area contributed by atoms with Gasteiger partial charge in [-0.1, -0.05) is 55.1 Å². The topological polar surface area (TPSA) is 6.48 Å². The van der Waals surface area contributed by atoms with Crippen molar-refractivity contribution in [2.24, 2.45) is 0 Å². The molecule has 2 aromatic rings. The van der Waals surface area contributed by atoms with Crippen molar-refractivity contribution < 1.29 is 0 Å². The average Bonchev–Trinajstić information content (AvgIpc) is 2.72. The summed E-state index contributed by atoms with van der Waals surface area (Å²) in [7, 11) is 2.20. The highest BCUT2D eigenvalue weighted by Gasteiger charge is 2.23. The molecule has 116 valence electrons. The minimum absolute atomic E-state index is 1.07. The molecular weight excluding hydrogens is 280 g/mol. The summed E-state index contributed by atoms with van der Waals surface area (Å²) in [6.07, 6.45) is 2.34. The summed E-state index contributed by atoms with van der Waals surface area (Å²) in [6.45, 7) is 8.76. The molecule has 0 spiro atoms. The van der Waals surface area contributed by atoms with E-state index in [1.165, 1.54) is 28.0 Å². The Labute approximate surface area is 138 Å². The van der Waals surface area contributed by atoms with E-state index in [1.54, 1.807) is 0 Å². The number of hydrogen-bond donors (Lipinski definition) is 0. The van der Waals surface area contributed by atoms with Crippen molar-refractivity contribution in [1.82, 2.24) is 9.80 Å². The van der Waals surface area contributed by atoms with E-state index >= 15 is 0 Å². The molecule has 0 unspecified atom stereocenters. The van der Waals surface area contributed by atoms with Gasteiger partial charge in [-0.15, -0.1) is 0 Å². The molecule has 2 aliphatic rings. The molecule has 2 aromatic carbocycles. The number of nitrogens with zero attached hydrogens (tertiary/aromatic N) is 2. The lowest BCUT2D eigenvalue weighted by atomic mass is 9.94. The molecule has 1 aliphatic carbocycles. The van der Waals surface area contributed by atoms with Gasteiger partial charge in [0.2, 0.25) is 0 Å². The van der Waals surface area contributed by atoms with Crippen LogP contribution in [0.2, 0.25) is 0 Å². The average molecular weight is 302 g/mol. The van der Waals surface area contributed by atoms with Gasteiger partial charge in [-0.05, 0) is 35.4 Å². The van der Waals surface area contributed by atoms with Crippen molar-refractivity contribution in [2.45, 2.75) is 0 Å². The largest absolute Gasteiger partial charge is 0.368 e. The number of rotatable bonds is 1. The minimum atomic E-state index is 1.07. The standard InChI is InChI=1S/C21H22N2/c1-16-18-8-4-3-7-17(18)15-21(20-10-6-5-9-19(16)20)23-13-11-22(2)12-14-23/h3-10,15H,1,11-14H2,2H3. The van der Waals surface area contributed by atoms with Crippen LogP contribution in [0, 0.1) is 0 Å². The third-order valence-corrected chi connectivity index (χ3v) is 4.95. The fourth-order valence-corrected chi connectivity index (χ4v) is 3.55. The van der Waals surface area contributed by atoms with E-state index in [-0.39, 0.29) is 0 Å². The maximum absolute atomic E-state index is 4.39. The summed E-state index contributed by atoms with van der Waals surface area (Å²) in [6, 6.07) is 17.3. The monoisotopic (exact) mass is 302 g/mol. The summed E-state index contributed by atoms with van der Waals surface area (Å²) < 4.78 is 0. The van der Waals surface area contributed by atoms with Crippen LogP contribution in [-0.4, -0.2) is 43.0 Å².